The van der Waals surface area contributed by atoms with E-state index in [0.717, 1.165) is 45.2 Å². The molecule has 0 spiro atoms. The Kier molecular flexibility index (Phi) is 10.2. The van der Waals surface area contributed by atoms with Gasteiger partial charge in [-0.05, 0) is 31.7 Å². The first-order chi connectivity index (χ1) is 14.2. The standard InChI is InChI=1S/C22H31N5O2.HI/c1-3-23-22(24-11-12-25(2)18-19-8-5-4-6-9-19)27-15-13-26(14-16-27)21(28)20-10-7-17-29-20;/h4-10,17H,3,11-16,18H2,1-2H3,(H,23,24);1H. The third-order valence-electron chi connectivity index (χ3n) is 4.97. The Labute approximate surface area is 196 Å². The summed E-state index contributed by atoms with van der Waals surface area (Å²) in [7, 11) is 2.12. The fourth-order valence-corrected chi connectivity index (χ4v) is 3.40. The minimum Gasteiger partial charge on any atom is -0.459 e. The van der Waals surface area contributed by atoms with Crippen LogP contribution in [0, 0.1) is 0 Å². The van der Waals surface area contributed by atoms with Gasteiger partial charge in [-0.3, -0.25) is 9.79 Å². The van der Waals surface area contributed by atoms with Crippen molar-refractivity contribution in [2.75, 3.05) is 52.9 Å². The normalized spacial score (nSPS) is 14.6. The number of nitrogens with one attached hydrogen (secondary N) is 1. The van der Waals surface area contributed by atoms with E-state index in [1.165, 1.54) is 11.8 Å². The van der Waals surface area contributed by atoms with E-state index in [9.17, 15) is 4.79 Å². The number of hydrogen-bond donors (Lipinski definition) is 1. The molecule has 1 aromatic heterocycles. The maximum Gasteiger partial charge on any atom is 0.289 e. The zero-order valence-corrected chi connectivity index (χ0v) is 20.1. The molecule has 30 heavy (non-hydrogen) atoms. The summed E-state index contributed by atoms with van der Waals surface area (Å²) in [5.41, 5.74) is 1.31. The van der Waals surface area contributed by atoms with E-state index in [4.69, 9.17) is 9.41 Å². The molecule has 1 fully saturated rings. The van der Waals surface area contributed by atoms with Crippen LogP contribution in [0.3, 0.4) is 0 Å². The van der Waals surface area contributed by atoms with Gasteiger partial charge in [0, 0.05) is 45.8 Å². The second-order valence-corrected chi connectivity index (χ2v) is 7.22. The summed E-state index contributed by atoms with van der Waals surface area (Å²) < 4.78 is 5.23. The van der Waals surface area contributed by atoms with Crippen LogP contribution in [0.1, 0.15) is 23.0 Å². The van der Waals surface area contributed by atoms with Gasteiger partial charge in [0.2, 0.25) is 0 Å². The van der Waals surface area contributed by atoms with E-state index in [-0.39, 0.29) is 29.9 Å². The van der Waals surface area contributed by atoms with Crippen LogP contribution in [0.2, 0.25) is 0 Å². The number of carbonyl (C=O) groups is 1. The number of furan rings is 1. The number of rotatable bonds is 7. The first-order valence-corrected chi connectivity index (χ1v) is 10.3. The number of piperazine rings is 1. The number of hydrogen-bond acceptors (Lipinski definition) is 4. The Bertz CT molecular complexity index is 774. The van der Waals surface area contributed by atoms with Gasteiger partial charge in [0.05, 0.1) is 12.8 Å². The summed E-state index contributed by atoms with van der Waals surface area (Å²) in [6, 6.07) is 13.9. The number of carbonyl (C=O) groups excluding carboxylic acids is 1. The van der Waals surface area contributed by atoms with Gasteiger partial charge in [-0.1, -0.05) is 30.3 Å². The quantitative estimate of drug-likeness (QED) is 0.342. The summed E-state index contributed by atoms with van der Waals surface area (Å²) in [6.07, 6.45) is 1.54. The molecular weight excluding hydrogens is 493 g/mol. The Morgan fingerprint density at radius 2 is 1.80 bits per heavy atom. The fraction of sp³-hybridized carbons (Fsp3) is 0.455. The molecule has 2 aromatic rings. The molecule has 0 unspecified atom stereocenters. The van der Waals surface area contributed by atoms with Crippen LogP contribution in [0.4, 0.5) is 0 Å². The Balaban J connectivity index is 0.00000320. The molecule has 164 valence electrons. The van der Waals surface area contributed by atoms with E-state index in [2.05, 4.69) is 53.4 Å². The monoisotopic (exact) mass is 525 g/mol. The molecule has 0 atom stereocenters. The Morgan fingerprint density at radius 1 is 1.10 bits per heavy atom. The van der Waals surface area contributed by atoms with Gasteiger partial charge >= 0.3 is 0 Å². The Morgan fingerprint density at radius 3 is 2.43 bits per heavy atom. The lowest BCUT2D eigenvalue weighted by Gasteiger charge is -2.36. The molecule has 1 N–H and O–H groups in total. The maximum atomic E-state index is 12.4. The topological polar surface area (TPSA) is 64.3 Å². The number of likely N-dealkylation sites (N-methyl/N-ethyl adjacent to an activating group) is 1. The molecule has 3 rings (SSSR count). The molecule has 1 aliphatic heterocycles. The smallest absolute Gasteiger partial charge is 0.289 e. The van der Waals surface area contributed by atoms with E-state index in [1.54, 1.807) is 12.1 Å². The molecular formula is C22H32IN5O2. The fourth-order valence-electron chi connectivity index (χ4n) is 3.40. The zero-order chi connectivity index (χ0) is 20.5. The van der Waals surface area contributed by atoms with Gasteiger partial charge in [-0.25, -0.2) is 0 Å². The minimum atomic E-state index is -0.0425. The predicted octanol–water partition coefficient (Wildman–Crippen LogP) is 2.75. The van der Waals surface area contributed by atoms with E-state index in [1.807, 2.05) is 11.0 Å². The maximum absolute atomic E-state index is 12.4. The second-order valence-electron chi connectivity index (χ2n) is 7.22. The summed E-state index contributed by atoms with van der Waals surface area (Å²) in [5.74, 6) is 1.28. The second kappa shape index (κ2) is 12.6. The summed E-state index contributed by atoms with van der Waals surface area (Å²) in [6.45, 7) is 8.29. The molecule has 1 aromatic carbocycles. The summed E-state index contributed by atoms with van der Waals surface area (Å²) >= 11 is 0. The van der Waals surface area contributed by atoms with Gasteiger partial charge in [-0.15, -0.1) is 24.0 Å². The highest BCUT2D eigenvalue weighted by molar-refractivity contribution is 14.0. The van der Waals surface area contributed by atoms with Crippen LogP contribution in [0.15, 0.2) is 58.1 Å². The van der Waals surface area contributed by atoms with Gasteiger partial charge in [-0.2, -0.15) is 0 Å². The lowest BCUT2D eigenvalue weighted by atomic mass is 10.2. The minimum absolute atomic E-state index is 0. The van der Waals surface area contributed by atoms with Crippen LogP contribution in [-0.4, -0.2) is 79.4 Å². The Hall–Kier alpha value is -2.07. The average Bonchev–Trinajstić information content (AvgIpc) is 3.28. The predicted molar refractivity (Wildman–Crippen MR) is 130 cm³/mol. The molecule has 8 heteroatoms. The van der Waals surface area contributed by atoms with Crippen molar-refractivity contribution in [2.45, 2.75) is 13.5 Å². The molecule has 0 radical (unpaired) electrons. The van der Waals surface area contributed by atoms with E-state index in [0.29, 0.717) is 18.8 Å². The van der Waals surface area contributed by atoms with Crippen molar-refractivity contribution in [3.8, 4) is 0 Å². The first-order valence-electron chi connectivity index (χ1n) is 10.3. The van der Waals surface area contributed by atoms with Gasteiger partial charge in [0.25, 0.3) is 5.91 Å². The van der Waals surface area contributed by atoms with Crippen molar-refractivity contribution in [1.29, 1.82) is 0 Å². The number of halogens is 1. The number of aliphatic imine (C=N–C) groups is 1. The van der Waals surface area contributed by atoms with Crippen molar-refractivity contribution in [1.82, 2.24) is 20.0 Å². The molecule has 0 aliphatic carbocycles. The largest absolute Gasteiger partial charge is 0.459 e. The highest BCUT2D eigenvalue weighted by Crippen LogP contribution is 2.10. The van der Waals surface area contributed by atoms with Crippen molar-refractivity contribution in [3.05, 3.63) is 60.1 Å². The van der Waals surface area contributed by atoms with Crippen LogP contribution in [0.25, 0.3) is 0 Å². The first kappa shape index (κ1) is 24.2. The van der Waals surface area contributed by atoms with Crippen molar-refractivity contribution >= 4 is 35.8 Å². The van der Waals surface area contributed by atoms with Crippen LogP contribution in [-0.2, 0) is 6.54 Å². The number of nitrogens with zero attached hydrogens (tertiary/aromatic N) is 4. The number of benzene rings is 1. The van der Waals surface area contributed by atoms with Crippen molar-refractivity contribution in [2.24, 2.45) is 4.99 Å². The van der Waals surface area contributed by atoms with Crippen molar-refractivity contribution in [3.63, 3.8) is 0 Å². The lowest BCUT2D eigenvalue weighted by molar-refractivity contribution is 0.0657. The lowest BCUT2D eigenvalue weighted by Crippen LogP contribution is -2.53. The van der Waals surface area contributed by atoms with Gasteiger partial charge < -0.3 is 24.4 Å². The summed E-state index contributed by atoms with van der Waals surface area (Å²) in [5, 5.41) is 3.38. The zero-order valence-electron chi connectivity index (χ0n) is 17.8. The molecule has 0 saturated carbocycles. The highest BCUT2D eigenvalue weighted by atomic mass is 127. The number of guanidine groups is 1. The number of amides is 1. The van der Waals surface area contributed by atoms with E-state index >= 15 is 0 Å². The summed E-state index contributed by atoms with van der Waals surface area (Å²) in [4.78, 5) is 23.6. The van der Waals surface area contributed by atoms with Crippen molar-refractivity contribution < 1.29 is 9.21 Å². The molecule has 1 saturated heterocycles. The highest BCUT2D eigenvalue weighted by Gasteiger charge is 2.25. The molecule has 1 amide bonds. The molecule has 7 nitrogen and oxygen atoms in total. The van der Waals surface area contributed by atoms with Gasteiger partial charge in [0.15, 0.2) is 11.7 Å². The third kappa shape index (κ3) is 7.02. The van der Waals surface area contributed by atoms with Crippen LogP contribution in [0.5, 0.6) is 0 Å². The van der Waals surface area contributed by atoms with Crippen LogP contribution >= 0.6 is 24.0 Å². The SMILES string of the molecule is CCNC(=NCCN(C)Cc1ccccc1)N1CCN(C(=O)c2ccco2)CC1.I. The molecule has 2 heterocycles. The van der Waals surface area contributed by atoms with Crippen LogP contribution < -0.4 is 5.32 Å². The third-order valence-corrected chi connectivity index (χ3v) is 4.97. The van der Waals surface area contributed by atoms with E-state index < -0.39 is 0 Å². The molecule has 1 aliphatic rings. The average molecular weight is 525 g/mol. The molecule has 0 bridgehead atoms. The van der Waals surface area contributed by atoms with Gasteiger partial charge in [0.1, 0.15) is 0 Å².